The first-order valence-corrected chi connectivity index (χ1v) is 6.99. The summed E-state index contributed by atoms with van der Waals surface area (Å²) in [6, 6.07) is -0.852. The Morgan fingerprint density at radius 1 is 1.30 bits per heavy atom. The van der Waals surface area contributed by atoms with Gasteiger partial charge in [0, 0.05) is 13.1 Å². The average molecular weight is 283 g/mol. The van der Waals surface area contributed by atoms with Crippen LogP contribution >= 0.6 is 0 Å². The Morgan fingerprint density at radius 3 is 2.50 bits per heavy atom. The van der Waals surface area contributed by atoms with Gasteiger partial charge in [0.2, 0.25) is 5.91 Å². The molecule has 0 bridgehead atoms. The number of amides is 3. The molecule has 0 spiro atoms. The Morgan fingerprint density at radius 2 is 2.00 bits per heavy atom. The number of aliphatic carboxylic acids is 1. The monoisotopic (exact) mass is 283 g/mol. The average Bonchev–Trinajstić information content (AvgIpc) is 2.80. The lowest BCUT2D eigenvalue weighted by Crippen LogP contribution is -2.51. The van der Waals surface area contributed by atoms with Gasteiger partial charge in [-0.05, 0) is 31.1 Å². The van der Waals surface area contributed by atoms with E-state index in [9.17, 15) is 14.4 Å². The van der Waals surface area contributed by atoms with E-state index in [0.29, 0.717) is 19.5 Å². The van der Waals surface area contributed by atoms with Crippen molar-refractivity contribution in [1.82, 2.24) is 10.2 Å². The van der Waals surface area contributed by atoms with Gasteiger partial charge >= 0.3 is 12.0 Å². The minimum absolute atomic E-state index is 0.0759. The van der Waals surface area contributed by atoms with E-state index < -0.39 is 17.9 Å². The smallest absolute Gasteiger partial charge is 0.318 e. The first kappa shape index (κ1) is 14.6. The zero-order valence-electron chi connectivity index (χ0n) is 11.4. The molecule has 1 unspecified atom stereocenters. The number of primary amides is 1. The van der Waals surface area contributed by atoms with Crippen LogP contribution in [-0.2, 0) is 9.59 Å². The molecular weight excluding hydrogens is 262 g/mol. The molecule has 1 aliphatic carbocycles. The zero-order chi connectivity index (χ0) is 14.8. The van der Waals surface area contributed by atoms with Gasteiger partial charge < -0.3 is 21.1 Å². The van der Waals surface area contributed by atoms with Gasteiger partial charge in [0.05, 0.1) is 6.42 Å². The van der Waals surface area contributed by atoms with Crippen LogP contribution in [0.15, 0.2) is 0 Å². The number of nitrogens with zero attached hydrogens (tertiary/aromatic N) is 1. The highest BCUT2D eigenvalue weighted by molar-refractivity contribution is 5.86. The van der Waals surface area contributed by atoms with Crippen molar-refractivity contribution in [3.05, 3.63) is 0 Å². The Labute approximate surface area is 117 Å². The number of likely N-dealkylation sites (tertiary alicyclic amines) is 1. The Kier molecular flexibility index (Phi) is 4.15. The molecule has 1 saturated heterocycles. The van der Waals surface area contributed by atoms with Crippen LogP contribution in [0, 0.1) is 5.41 Å². The van der Waals surface area contributed by atoms with E-state index in [-0.39, 0.29) is 17.9 Å². The summed E-state index contributed by atoms with van der Waals surface area (Å²) in [6.07, 6.45) is 4.07. The van der Waals surface area contributed by atoms with Crippen LogP contribution in [0.1, 0.15) is 38.5 Å². The zero-order valence-corrected chi connectivity index (χ0v) is 11.4. The summed E-state index contributed by atoms with van der Waals surface area (Å²) in [5, 5.41) is 11.7. The highest BCUT2D eigenvalue weighted by atomic mass is 16.4. The fraction of sp³-hybridized carbons (Fsp3) is 0.769. The van der Waals surface area contributed by atoms with E-state index >= 15 is 0 Å². The van der Waals surface area contributed by atoms with Crippen molar-refractivity contribution in [2.45, 2.75) is 44.6 Å². The topological polar surface area (TPSA) is 113 Å². The predicted octanol–water partition coefficient (Wildman–Crippen LogP) is 0.291. The molecule has 20 heavy (non-hydrogen) atoms. The van der Waals surface area contributed by atoms with Gasteiger partial charge in [0.15, 0.2) is 0 Å². The molecule has 1 heterocycles. The molecule has 0 aromatic rings. The standard InChI is InChI=1S/C13H21N3O4/c14-11(19)9-3-1-6-16(9)12(20)15-8-13(4-2-5-13)7-10(17)18/h9H,1-8H2,(H2,14,19)(H,15,20)(H,17,18). The normalized spacial score (nSPS) is 24.0. The van der Waals surface area contributed by atoms with Crippen molar-refractivity contribution in [2.75, 3.05) is 13.1 Å². The van der Waals surface area contributed by atoms with Gasteiger partial charge in [-0.3, -0.25) is 9.59 Å². The minimum Gasteiger partial charge on any atom is -0.481 e. The number of carboxylic acids is 1. The summed E-state index contributed by atoms with van der Waals surface area (Å²) in [4.78, 5) is 35.7. The molecule has 2 rings (SSSR count). The van der Waals surface area contributed by atoms with E-state index in [0.717, 1.165) is 25.7 Å². The number of hydrogen-bond donors (Lipinski definition) is 3. The molecule has 2 fully saturated rings. The second-order valence-corrected chi connectivity index (χ2v) is 5.84. The van der Waals surface area contributed by atoms with Gasteiger partial charge in [-0.15, -0.1) is 0 Å². The summed E-state index contributed by atoms with van der Waals surface area (Å²) < 4.78 is 0. The van der Waals surface area contributed by atoms with Crippen molar-refractivity contribution in [1.29, 1.82) is 0 Å². The number of nitrogens with one attached hydrogen (secondary N) is 1. The van der Waals surface area contributed by atoms with Crippen LogP contribution < -0.4 is 11.1 Å². The lowest BCUT2D eigenvalue weighted by Gasteiger charge is -2.41. The molecule has 4 N–H and O–H groups in total. The third-order valence-corrected chi connectivity index (χ3v) is 4.40. The molecule has 7 nitrogen and oxygen atoms in total. The maximum Gasteiger partial charge on any atom is 0.318 e. The van der Waals surface area contributed by atoms with E-state index in [2.05, 4.69) is 5.32 Å². The van der Waals surface area contributed by atoms with Crippen LogP contribution in [-0.4, -0.2) is 47.0 Å². The van der Waals surface area contributed by atoms with E-state index in [1.54, 1.807) is 0 Å². The second-order valence-electron chi connectivity index (χ2n) is 5.84. The van der Waals surface area contributed by atoms with E-state index in [1.165, 1.54) is 4.90 Å². The van der Waals surface area contributed by atoms with Crippen molar-refractivity contribution in [2.24, 2.45) is 11.1 Å². The van der Waals surface area contributed by atoms with Gasteiger partial charge in [-0.25, -0.2) is 4.79 Å². The minimum atomic E-state index is -0.838. The lowest BCUT2D eigenvalue weighted by atomic mass is 9.66. The first-order chi connectivity index (χ1) is 9.43. The number of carbonyl (C=O) groups excluding carboxylic acids is 2. The third kappa shape index (κ3) is 3.02. The molecule has 1 atom stereocenters. The van der Waals surface area contributed by atoms with E-state index in [1.807, 2.05) is 0 Å². The van der Waals surface area contributed by atoms with Crippen LogP contribution in [0.3, 0.4) is 0 Å². The molecule has 0 aromatic heterocycles. The molecule has 0 aromatic carbocycles. The lowest BCUT2D eigenvalue weighted by molar-refractivity contribution is -0.141. The van der Waals surface area contributed by atoms with Crippen molar-refractivity contribution < 1.29 is 19.5 Å². The largest absolute Gasteiger partial charge is 0.481 e. The molecule has 112 valence electrons. The van der Waals surface area contributed by atoms with Crippen molar-refractivity contribution >= 4 is 17.9 Å². The van der Waals surface area contributed by atoms with Crippen LogP contribution in [0.5, 0.6) is 0 Å². The molecule has 1 saturated carbocycles. The molecular formula is C13H21N3O4. The maximum atomic E-state index is 12.1. The highest BCUT2D eigenvalue weighted by Crippen LogP contribution is 2.43. The molecule has 2 aliphatic rings. The number of rotatable bonds is 5. The summed E-state index contributed by atoms with van der Waals surface area (Å²) in [7, 11) is 0. The molecule has 3 amide bonds. The Hall–Kier alpha value is -1.79. The second kappa shape index (κ2) is 5.68. The van der Waals surface area contributed by atoms with Gasteiger partial charge in [0.25, 0.3) is 0 Å². The summed E-state index contributed by atoms with van der Waals surface area (Å²) in [5.74, 6) is -1.32. The predicted molar refractivity (Wildman–Crippen MR) is 70.9 cm³/mol. The van der Waals surface area contributed by atoms with Crippen molar-refractivity contribution in [3.63, 3.8) is 0 Å². The number of hydrogen-bond acceptors (Lipinski definition) is 3. The Balaban J connectivity index is 1.88. The highest BCUT2D eigenvalue weighted by Gasteiger charge is 2.40. The van der Waals surface area contributed by atoms with Crippen LogP contribution in [0.4, 0.5) is 4.79 Å². The van der Waals surface area contributed by atoms with Crippen LogP contribution in [0.2, 0.25) is 0 Å². The third-order valence-electron chi connectivity index (χ3n) is 4.40. The fourth-order valence-corrected chi connectivity index (χ4v) is 3.08. The fourth-order valence-electron chi connectivity index (χ4n) is 3.08. The van der Waals surface area contributed by atoms with Gasteiger partial charge in [-0.2, -0.15) is 0 Å². The van der Waals surface area contributed by atoms with Crippen LogP contribution in [0.25, 0.3) is 0 Å². The van der Waals surface area contributed by atoms with Gasteiger partial charge in [0.1, 0.15) is 6.04 Å². The maximum absolute atomic E-state index is 12.1. The summed E-state index contributed by atoms with van der Waals surface area (Å²) >= 11 is 0. The molecule has 7 heteroatoms. The number of nitrogens with two attached hydrogens (primary N) is 1. The van der Waals surface area contributed by atoms with Gasteiger partial charge in [-0.1, -0.05) is 6.42 Å². The molecule has 1 aliphatic heterocycles. The molecule has 0 radical (unpaired) electrons. The van der Waals surface area contributed by atoms with E-state index in [4.69, 9.17) is 10.8 Å². The number of carbonyl (C=O) groups is 3. The van der Waals surface area contributed by atoms with Crippen molar-refractivity contribution in [3.8, 4) is 0 Å². The quantitative estimate of drug-likeness (QED) is 0.673. The summed E-state index contributed by atoms with van der Waals surface area (Å²) in [5.41, 5.74) is 4.96. The number of urea groups is 1. The summed E-state index contributed by atoms with van der Waals surface area (Å²) in [6.45, 7) is 0.867. The Bertz CT molecular complexity index is 420. The number of carboxylic acid groups (broad SMARTS) is 1. The SMILES string of the molecule is NC(=O)C1CCCN1C(=O)NCC1(CC(=O)O)CCC1. The first-order valence-electron chi connectivity index (χ1n) is 6.99.